The Morgan fingerprint density at radius 2 is 2.13 bits per heavy atom. The summed E-state index contributed by atoms with van der Waals surface area (Å²) in [5.41, 5.74) is 1.87. The van der Waals surface area contributed by atoms with Gasteiger partial charge in [0.25, 0.3) is 0 Å². The minimum Gasteiger partial charge on any atom is -0.491 e. The molecule has 1 aromatic carbocycles. The van der Waals surface area contributed by atoms with Crippen molar-refractivity contribution in [2.24, 2.45) is 7.05 Å². The van der Waals surface area contributed by atoms with E-state index in [4.69, 9.17) is 0 Å². The van der Waals surface area contributed by atoms with Gasteiger partial charge < -0.3 is 5.11 Å². The summed E-state index contributed by atoms with van der Waals surface area (Å²) in [6.07, 6.45) is 0. The average Bonchev–Trinajstić information content (AvgIpc) is 2.46. The highest BCUT2D eigenvalue weighted by Gasteiger charge is 2.16. The quantitative estimate of drug-likeness (QED) is 0.777. The fraction of sp³-hybridized carbons (Fsp3) is 0.182. The standard InChI is InChI=1S/C11H11FN2O/c1-7-4-3-5-8(6-7)10-9(12)11(15)14(2)13-10/h3-6,15H,1-2H3. The van der Waals surface area contributed by atoms with Crippen LogP contribution in [-0.2, 0) is 7.05 Å². The molecule has 0 aliphatic heterocycles. The number of nitrogens with zero attached hydrogens (tertiary/aromatic N) is 2. The molecule has 0 saturated heterocycles. The van der Waals surface area contributed by atoms with Gasteiger partial charge in [-0.2, -0.15) is 9.49 Å². The molecule has 0 fully saturated rings. The Hall–Kier alpha value is -1.84. The molecule has 0 bridgehead atoms. The number of aromatic hydroxyl groups is 1. The minimum atomic E-state index is -0.678. The summed E-state index contributed by atoms with van der Waals surface area (Å²) < 4.78 is 14.6. The van der Waals surface area contributed by atoms with Crippen LogP contribution >= 0.6 is 0 Å². The zero-order valence-corrected chi connectivity index (χ0v) is 8.53. The lowest BCUT2D eigenvalue weighted by molar-refractivity contribution is 0.390. The van der Waals surface area contributed by atoms with Crippen molar-refractivity contribution in [2.45, 2.75) is 6.92 Å². The number of hydrogen-bond donors (Lipinski definition) is 1. The molecule has 78 valence electrons. The van der Waals surface area contributed by atoms with E-state index >= 15 is 0 Å². The first-order valence-electron chi connectivity index (χ1n) is 4.58. The number of rotatable bonds is 1. The van der Waals surface area contributed by atoms with Gasteiger partial charge in [0.15, 0.2) is 0 Å². The van der Waals surface area contributed by atoms with Crippen molar-refractivity contribution in [2.75, 3.05) is 0 Å². The minimum absolute atomic E-state index is 0.179. The molecule has 0 saturated carbocycles. The smallest absolute Gasteiger partial charge is 0.246 e. The van der Waals surface area contributed by atoms with Crippen LogP contribution in [0.2, 0.25) is 0 Å². The first kappa shape index (κ1) is 9.71. The van der Waals surface area contributed by atoms with Crippen LogP contribution in [0.3, 0.4) is 0 Å². The van der Waals surface area contributed by atoms with Crippen LogP contribution < -0.4 is 0 Å². The average molecular weight is 206 g/mol. The zero-order valence-electron chi connectivity index (χ0n) is 8.53. The van der Waals surface area contributed by atoms with Crippen LogP contribution in [0.15, 0.2) is 24.3 Å². The van der Waals surface area contributed by atoms with E-state index in [0.29, 0.717) is 5.56 Å². The maximum atomic E-state index is 13.5. The topological polar surface area (TPSA) is 38.0 Å². The first-order chi connectivity index (χ1) is 7.09. The highest BCUT2D eigenvalue weighted by atomic mass is 19.1. The SMILES string of the molecule is Cc1cccc(-c2nn(C)c(O)c2F)c1. The number of halogens is 1. The molecule has 15 heavy (non-hydrogen) atoms. The van der Waals surface area contributed by atoms with Gasteiger partial charge in [-0.15, -0.1) is 0 Å². The molecule has 0 amide bonds. The van der Waals surface area contributed by atoms with Crippen LogP contribution in [-0.4, -0.2) is 14.9 Å². The summed E-state index contributed by atoms with van der Waals surface area (Å²) >= 11 is 0. The van der Waals surface area contributed by atoms with Crippen LogP contribution in [0.1, 0.15) is 5.56 Å². The number of aryl methyl sites for hydroxylation is 2. The Kier molecular flexibility index (Phi) is 2.19. The third-order valence-electron chi connectivity index (χ3n) is 2.25. The molecule has 0 aliphatic rings. The molecule has 4 heteroatoms. The second-order valence-corrected chi connectivity index (χ2v) is 3.48. The zero-order chi connectivity index (χ0) is 11.0. The molecule has 3 nitrogen and oxygen atoms in total. The Bertz CT molecular complexity index is 505. The first-order valence-corrected chi connectivity index (χ1v) is 4.58. The fourth-order valence-corrected chi connectivity index (χ4v) is 1.47. The molecule has 0 aliphatic carbocycles. The Labute approximate surface area is 86.8 Å². The summed E-state index contributed by atoms with van der Waals surface area (Å²) in [5.74, 6) is -1.12. The lowest BCUT2D eigenvalue weighted by Gasteiger charge is -1.97. The van der Waals surface area contributed by atoms with E-state index in [1.807, 2.05) is 25.1 Å². The molecule has 0 unspecified atom stereocenters. The van der Waals surface area contributed by atoms with Gasteiger partial charge in [-0.05, 0) is 13.0 Å². The van der Waals surface area contributed by atoms with E-state index in [2.05, 4.69) is 5.10 Å². The normalized spacial score (nSPS) is 10.6. The van der Waals surface area contributed by atoms with Crippen molar-refractivity contribution in [1.82, 2.24) is 9.78 Å². The molecule has 1 heterocycles. The Balaban J connectivity index is 2.59. The maximum absolute atomic E-state index is 13.5. The molecule has 0 spiro atoms. The predicted octanol–water partition coefficient (Wildman–Crippen LogP) is 2.24. The largest absolute Gasteiger partial charge is 0.491 e. The molecule has 0 radical (unpaired) electrons. The predicted molar refractivity (Wildman–Crippen MR) is 55.0 cm³/mol. The lowest BCUT2D eigenvalue weighted by atomic mass is 10.1. The van der Waals surface area contributed by atoms with E-state index in [-0.39, 0.29) is 5.69 Å². The van der Waals surface area contributed by atoms with Gasteiger partial charge in [-0.25, -0.2) is 4.68 Å². The summed E-state index contributed by atoms with van der Waals surface area (Å²) in [6, 6.07) is 7.34. The fourth-order valence-electron chi connectivity index (χ4n) is 1.47. The van der Waals surface area contributed by atoms with Gasteiger partial charge in [0.05, 0.1) is 0 Å². The van der Waals surface area contributed by atoms with Crippen molar-refractivity contribution >= 4 is 0 Å². The van der Waals surface area contributed by atoms with Crippen LogP contribution in [0, 0.1) is 12.7 Å². The molecular weight excluding hydrogens is 195 g/mol. The van der Waals surface area contributed by atoms with E-state index in [9.17, 15) is 9.50 Å². The van der Waals surface area contributed by atoms with Crippen molar-refractivity contribution in [3.05, 3.63) is 35.6 Å². The molecule has 1 N–H and O–H groups in total. The molecule has 0 atom stereocenters. The van der Waals surface area contributed by atoms with E-state index < -0.39 is 11.7 Å². The molecule has 2 aromatic rings. The lowest BCUT2D eigenvalue weighted by Crippen LogP contribution is -1.89. The van der Waals surface area contributed by atoms with Crippen LogP contribution in [0.5, 0.6) is 5.88 Å². The van der Waals surface area contributed by atoms with Gasteiger partial charge >= 0.3 is 0 Å². The number of benzene rings is 1. The highest BCUT2D eigenvalue weighted by molar-refractivity contribution is 5.61. The van der Waals surface area contributed by atoms with Gasteiger partial charge in [0.1, 0.15) is 5.69 Å². The second-order valence-electron chi connectivity index (χ2n) is 3.48. The number of hydrogen-bond acceptors (Lipinski definition) is 2. The molecule has 1 aromatic heterocycles. The Morgan fingerprint density at radius 3 is 2.67 bits per heavy atom. The molecule has 2 rings (SSSR count). The van der Waals surface area contributed by atoms with E-state index in [1.54, 1.807) is 6.07 Å². The van der Waals surface area contributed by atoms with Crippen molar-refractivity contribution in [1.29, 1.82) is 0 Å². The second kappa shape index (κ2) is 3.38. The maximum Gasteiger partial charge on any atom is 0.246 e. The van der Waals surface area contributed by atoms with Crippen molar-refractivity contribution in [3.63, 3.8) is 0 Å². The van der Waals surface area contributed by atoms with Crippen molar-refractivity contribution in [3.8, 4) is 17.1 Å². The summed E-state index contributed by atoms with van der Waals surface area (Å²) in [6.45, 7) is 1.92. The van der Waals surface area contributed by atoms with Gasteiger partial charge in [-0.3, -0.25) is 0 Å². The van der Waals surface area contributed by atoms with Gasteiger partial charge in [-0.1, -0.05) is 23.8 Å². The number of aromatic nitrogens is 2. The third kappa shape index (κ3) is 1.58. The van der Waals surface area contributed by atoms with E-state index in [1.165, 1.54) is 7.05 Å². The highest BCUT2D eigenvalue weighted by Crippen LogP contribution is 2.27. The molecular formula is C11H11FN2O. The summed E-state index contributed by atoms with van der Waals surface area (Å²) in [4.78, 5) is 0. The van der Waals surface area contributed by atoms with Crippen LogP contribution in [0.4, 0.5) is 4.39 Å². The van der Waals surface area contributed by atoms with Crippen molar-refractivity contribution < 1.29 is 9.50 Å². The van der Waals surface area contributed by atoms with Crippen LogP contribution in [0.25, 0.3) is 11.3 Å². The van der Waals surface area contributed by atoms with Gasteiger partial charge in [0, 0.05) is 12.6 Å². The Morgan fingerprint density at radius 1 is 1.40 bits per heavy atom. The summed E-state index contributed by atoms with van der Waals surface area (Å²) in [5, 5.41) is 13.2. The van der Waals surface area contributed by atoms with E-state index in [0.717, 1.165) is 10.2 Å². The monoisotopic (exact) mass is 206 g/mol. The summed E-state index contributed by atoms with van der Waals surface area (Å²) in [7, 11) is 1.50. The van der Waals surface area contributed by atoms with Gasteiger partial charge in [0.2, 0.25) is 11.7 Å². The third-order valence-corrected chi connectivity index (χ3v) is 2.25.